The van der Waals surface area contributed by atoms with Gasteiger partial charge in [0.2, 0.25) is 0 Å². The molecule has 7 heteroatoms. The topological polar surface area (TPSA) is 85.8 Å². The Kier molecular flexibility index (Phi) is 5.61. The van der Waals surface area contributed by atoms with E-state index in [0.717, 1.165) is 29.4 Å². The molecule has 2 aromatic carbocycles. The van der Waals surface area contributed by atoms with E-state index in [-0.39, 0.29) is 11.7 Å². The number of amides is 1. The molecule has 0 saturated heterocycles. The number of unbranched alkanes of at least 4 members (excludes halogenated alkanes) is 1. The second-order valence-electron chi connectivity index (χ2n) is 7.28. The van der Waals surface area contributed by atoms with Crippen molar-refractivity contribution in [2.75, 3.05) is 12.3 Å². The lowest BCUT2D eigenvalue weighted by atomic mass is 10.1. The lowest BCUT2D eigenvalue weighted by Crippen LogP contribution is -2.26. The van der Waals surface area contributed by atoms with Gasteiger partial charge in [0, 0.05) is 13.1 Å². The number of nitrogen functional groups attached to an aromatic ring is 1. The van der Waals surface area contributed by atoms with E-state index in [1.54, 1.807) is 12.1 Å². The maximum atomic E-state index is 13.1. The predicted octanol–water partition coefficient (Wildman–Crippen LogP) is 4.08. The fraction of sp³-hybridized carbons (Fsp3) is 0.261. The average molecular weight is 405 g/mol. The standard InChI is InChI=1S/C23H24FN5O/c1-2-3-14-29-21(25)19(20-22(29)28-18-7-5-4-6-17(18)27-20)23(30)26-13-12-15-8-10-16(24)11-9-15/h4-11H,2-3,12-14,25H2,1H3,(H,26,30). The van der Waals surface area contributed by atoms with E-state index in [9.17, 15) is 9.18 Å². The smallest absolute Gasteiger partial charge is 0.257 e. The van der Waals surface area contributed by atoms with Crippen LogP contribution < -0.4 is 11.1 Å². The minimum Gasteiger partial charge on any atom is -0.384 e. The number of carbonyl (C=O) groups excluding carboxylic acids is 1. The molecule has 4 aromatic rings. The summed E-state index contributed by atoms with van der Waals surface area (Å²) in [5.41, 5.74) is 10.3. The van der Waals surface area contributed by atoms with Gasteiger partial charge in [-0.05, 0) is 42.7 Å². The van der Waals surface area contributed by atoms with Gasteiger partial charge in [0.25, 0.3) is 5.91 Å². The number of benzene rings is 2. The van der Waals surface area contributed by atoms with Gasteiger partial charge in [0.05, 0.1) is 11.0 Å². The highest BCUT2D eigenvalue weighted by molar-refractivity contribution is 6.10. The summed E-state index contributed by atoms with van der Waals surface area (Å²) in [5.74, 6) is -0.172. The molecule has 2 aromatic heterocycles. The minimum absolute atomic E-state index is 0.277. The molecule has 154 valence electrons. The summed E-state index contributed by atoms with van der Waals surface area (Å²) in [4.78, 5) is 22.4. The monoisotopic (exact) mass is 405 g/mol. The van der Waals surface area contributed by atoms with Gasteiger partial charge in [-0.2, -0.15) is 0 Å². The largest absolute Gasteiger partial charge is 0.384 e. The maximum Gasteiger partial charge on any atom is 0.257 e. The Bertz CT molecular complexity index is 1200. The summed E-state index contributed by atoms with van der Waals surface area (Å²) in [6.07, 6.45) is 2.52. The van der Waals surface area contributed by atoms with Gasteiger partial charge < -0.3 is 15.6 Å². The van der Waals surface area contributed by atoms with E-state index in [2.05, 4.69) is 12.2 Å². The molecule has 0 spiro atoms. The summed E-state index contributed by atoms with van der Waals surface area (Å²) in [5, 5.41) is 2.92. The number of para-hydroxylation sites is 2. The summed E-state index contributed by atoms with van der Waals surface area (Å²) >= 11 is 0. The molecule has 0 unspecified atom stereocenters. The van der Waals surface area contributed by atoms with Crippen molar-refractivity contribution in [1.82, 2.24) is 19.9 Å². The summed E-state index contributed by atoms with van der Waals surface area (Å²) < 4.78 is 14.9. The number of nitrogens with two attached hydrogens (primary N) is 1. The highest BCUT2D eigenvalue weighted by Gasteiger charge is 2.23. The van der Waals surface area contributed by atoms with Gasteiger partial charge in [0.15, 0.2) is 5.65 Å². The quantitative estimate of drug-likeness (QED) is 0.485. The first-order valence-electron chi connectivity index (χ1n) is 10.2. The molecule has 3 N–H and O–H groups in total. The molecule has 1 amide bonds. The normalized spacial score (nSPS) is 11.3. The molecular formula is C23H24FN5O. The van der Waals surface area contributed by atoms with E-state index in [1.165, 1.54) is 12.1 Å². The summed E-state index contributed by atoms with van der Waals surface area (Å²) in [6.45, 7) is 3.19. The van der Waals surface area contributed by atoms with Crippen LogP contribution in [0.25, 0.3) is 22.2 Å². The second kappa shape index (κ2) is 8.49. The summed E-state index contributed by atoms with van der Waals surface area (Å²) in [7, 11) is 0. The van der Waals surface area contributed by atoms with Crippen molar-refractivity contribution >= 4 is 33.9 Å². The number of rotatable bonds is 7. The zero-order valence-corrected chi connectivity index (χ0v) is 16.9. The first kappa shape index (κ1) is 19.8. The van der Waals surface area contributed by atoms with Crippen LogP contribution >= 0.6 is 0 Å². The molecule has 30 heavy (non-hydrogen) atoms. The van der Waals surface area contributed by atoms with Gasteiger partial charge in [0.1, 0.15) is 22.7 Å². The molecule has 4 rings (SSSR count). The zero-order chi connectivity index (χ0) is 21.1. The van der Waals surface area contributed by atoms with Crippen molar-refractivity contribution in [3.05, 3.63) is 65.5 Å². The van der Waals surface area contributed by atoms with Crippen LogP contribution in [0.4, 0.5) is 10.2 Å². The van der Waals surface area contributed by atoms with Crippen molar-refractivity contribution in [2.24, 2.45) is 0 Å². The molecule has 2 heterocycles. The van der Waals surface area contributed by atoms with Gasteiger partial charge in [-0.15, -0.1) is 0 Å². The van der Waals surface area contributed by atoms with Crippen molar-refractivity contribution < 1.29 is 9.18 Å². The Morgan fingerprint density at radius 1 is 1.10 bits per heavy atom. The van der Waals surface area contributed by atoms with Crippen LogP contribution in [0.1, 0.15) is 35.7 Å². The van der Waals surface area contributed by atoms with Crippen molar-refractivity contribution in [3.63, 3.8) is 0 Å². The van der Waals surface area contributed by atoms with E-state index in [4.69, 9.17) is 15.7 Å². The SMILES string of the molecule is CCCCn1c(N)c(C(=O)NCCc2ccc(F)cc2)c2nc3ccccc3nc21. The Hall–Kier alpha value is -3.48. The maximum absolute atomic E-state index is 13.1. The fourth-order valence-corrected chi connectivity index (χ4v) is 3.54. The van der Waals surface area contributed by atoms with Crippen molar-refractivity contribution in [2.45, 2.75) is 32.7 Å². The molecule has 6 nitrogen and oxygen atoms in total. The Balaban J connectivity index is 1.65. The Morgan fingerprint density at radius 2 is 1.80 bits per heavy atom. The van der Waals surface area contributed by atoms with Crippen LogP contribution in [0, 0.1) is 5.82 Å². The molecule has 0 aliphatic rings. The number of halogens is 1. The molecular weight excluding hydrogens is 381 g/mol. The molecule has 0 atom stereocenters. The summed E-state index contributed by atoms with van der Waals surface area (Å²) in [6, 6.07) is 13.8. The number of hydrogen-bond acceptors (Lipinski definition) is 4. The lowest BCUT2D eigenvalue weighted by molar-refractivity contribution is 0.0956. The van der Waals surface area contributed by atoms with E-state index in [0.29, 0.717) is 42.1 Å². The number of carbonyl (C=O) groups is 1. The van der Waals surface area contributed by atoms with Crippen molar-refractivity contribution in [3.8, 4) is 0 Å². The number of fused-ring (bicyclic) bond motifs is 2. The number of aryl methyl sites for hydroxylation is 1. The number of hydrogen-bond donors (Lipinski definition) is 2. The zero-order valence-electron chi connectivity index (χ0n) is 16.9. The molecule has 0 aliphatic heterocycles. The third kappa shape index (κ3) is 3.83. The van der Waals surface area contributed by atoms with Crippen LogP contribution in [0.5, 0.6) is 0 Å². The van der Waals surface area contributed by atoms with Gasteiger partial charge >= 0.3 is 0 Å². The number of aromatic nitrogens is 3. The highest BCUT2D eigenvalue weighted by atomic mass is 19.1. The van der Waals surface area contributed by atoms with Gasteiger partial charge in [-0.1, -0.05) is 37.6 Å². The number of nitrogens with zero attached hydrogens (tertiary/aromatic N) is 3. The molecule has 0 bridgehead atoms. The van der Waals surface area contributed by atoms with Crippen LogP contribution in [0.3, 0.4) is 0 Å². The van der Waals surface area contributed by atoms with Crippen LogP contribution in [0.2, 0.25) is 0 Å². The highest BCUT2D eigenvalue weighted by Crippen LogP contribution is 2.28. The third-order valence-corrected chi connectivity index (χ3v) is 5.17. The van der Waals surface area contributed by atoms with Crippen LogP contribution in [-0.2, 0) is 13.0 Å². The predicted molar refractivity (Wildman–Crippen MR) is 117 cm³/mol. The molecule has 0 aliphatic carbocycles. The van der Waals surface area contributed by atoms with Crippen molar-refractivity contribution in [1.29, 1.82) is 0 Å². The van der Waals surface area contributed by atoms with E-state index < -0.39 is 0 Å². The fourth-order valence-electron chi connectivity index (χ4n) is 3.54. The number of anilines is 1. The first-order valence-corrected chi connectivity index (χ1v) is 10.2. The van der Waals surface area contributed by atoms with Crippen LogP contribution in [0.15, 0.2) is 48.5 Å². The molecule has 0 saturated carbocycles. The minimum atomic E-state index is -0.278. The van der Waals surface area contributed by atoms with E-state index >= 15 is 0 Å². The Labute approximate surface area is 173 Å². The number of nitrogens with one attached hydrogen (secondary N) is 1. The first-order chi connectivity index (χ1) is 14.6. The lowest BCUT2D eigenvalue weighted by Gasteiger charge is -2.07. The third-order valence-electron chi connectivity index (χ3n) is 5.17. The second-order valence-corrected chi connectivity index (χ2v) is 7.28. The van der Waals surface area contributed by atoms with Crippen LogP contribution in [-0.4, -0.2) is 27.0 Å². The Morgan fingerprint density at radius 3 is 2.50 bits per heavy atom. The molecule has 0 radical (unpaired) electrons. The van der Waals surface area contributed by atoms with Gasteiger partial charge in [-0.25, -0.2) is 14.4 Å². The average Bonchev–Trinajstić information content (AvgIpc) is 3.02. The van der Waals surface area contributed by atoms with Gasteiger partial charge in [-0.3, -0.25) is 4.79 Å². The molecule has 0 fully saturated rings. The van der Waals surface area contributed by atoms with E-state index in [1.807, 2.05) is 28.8 Å².